The number of hydrogen-bond donors (Lipinski definition) is 2. The lowest BCUT2D eigenvalue weighted by atomic mass is 9.79. The summed E-state index contributed by atoms with van der Waals surface area (Å²) in [5.74, 6) is -0.306. The van der Waals surface area contributed by atoms with Crippen LogP contribution in [0.5, 0.6) is 0 Å². The molecule has 0 radical (unpaired) electrons. The van der Waals surface area contributed by atoms with Gasteiger partial charge in [-0.3, -0.25) is 4.79 Å². The molecule has 1 spiro atoms. The first-order chi connectivity index (χ1) is 15.0. The maximum Gasteiger partial charge on any atom is 0.335 e. The number of aromatic nitrogens is 2. The van der Waals surface area contributed by atoms with E-state index in [2.05, 4.69) is 22.4 Å². The molecule has 2 aromatic heterocycles. The molecule has 4 aromatic rings. The van der Waals surface area contributed by atoms with E-state index in [1.165, 1.54) is 0 Å². The summed E-state index contributed by atoms with van der Waals surface area (Å²) >= 11 is 0. The Bertz CT molecular complexity index is 1430. The number of aromatic carboxylic acids is 1. The highest BCUT2D eigenvalue weighted by Gasteiger charge is 2.51. The smallest absolute Gasteiger partial charge is 0.335 e. The quantitative estimate of drug-likeness (QED) is 0.524. The Morgan fingerprint density at radius 1 is 1.00 bits per heavy atom. The molecule has 6 rings (SSSR count). The van der Waals surface area contributed by atoms with Crippen molar-refractivity contribution in [2.75, 3.05) is 5.32 Å². The van der Waals surface area contributed by atoms with Gasteiger partial charge in [-0.05, 0) is 60.4 Å². The zero-order chi connectivity index (χ0) is 21.2. The molecule has 1 amide bonds. The average molecular weight is 407 g/mol. The molecule has 2 aromatic carbocycles. The molecular weight excluding hydrogens is 390 g/mol. The second-order valence-electron chi connectivity index (χ2n) is 8.19. The zero-order valence-electron chi connectivity index (χ0n) is 16.4. The summed E-state index contributed by atoms with van der Waals surface area (Å²) in [4.78, 5) is 33.4. The first-order valence-corrected chi connectivity index (χ1v) is 10.1. The Balaban J connectivity index is 1.43. The van der Waals surface area contributed by atoms with Crippen molar-refractivity contribution in [1.29, 1.82) is 0 Å². The SMILES string of the molecule is O=C(O)c1cccc(-c2ccc3cc4c(cc3n2)CC2(C4)C(=O)Nc3ncccc32)c1. The van der Waals surface area contributed by atoms with E-state index in [0.29, 0.717) is 18.7 Å². The highest BCUT2D eigenvalue weighted by molar-refractivity contribution is 6.06. The number of anilines is 1. The molecule has 6 nitrogen and oxygen atoms in total. The number of carbonyl (C=O) groups is 2. The van der Waals surface area contributed by atoms with Gasteiger partial charge in [0.25, 0.3) is 0 Å². The van der Waals surface area contributed by atoms with E-state index in [0.717, 1.165) is 38.9 Å². The van der Waals surface area contributed by atoms with Crippen molar-refractivity contribution in [1.82, 2.24) is 9.97 Å². The van der Waals surface area contributed by atoms with Crippen molar-refractivity contribution in [3.8, 4) is 11.3 Å². The lowest BCUT2D eigenvalue weighted by molar-refractivity contribution is -0.120. The first kappa shape index (κ1) is 17.8. The number of carboxylic acid groups (broad SMARTS) is 1. The van der Waals surface area contributed by atoms with Gasteiger partial charge in [-0.1, -0.05) is 24.3 Å². The van der Waals surface area contributed by atoms with E-state index in [1.807, 2.05) is 30.3 Å². The van der Waals surface area contributed by atoms with E-state index >= 15 is 0 Å². The van der Waals surface area contributed by atoms with Gasteiger partial charge in [0.2, 0.25) is 5.91 Å². The Morgan fingerprint density at radius 2 is 1.84 bits per heavy atom. The van der Waals surface area contributed by atoms with Gasteiger partial charge in [-0.15, -0.1) is 0 Å². The van der Waals surface area contributed by atoms with Gasteiger partial charge >= 0.3 is 5.97 Å². The minimum absolute atomic E-state index is 0.000546. The van der Waals surface area contributed by atoms with E-state index in [4.69, 9.17) is 4.98 Å². The third kappa shape index (κ3) is 2.58. The van der Waals surface area contributed by atoms with Crippen LogP contribution >= 0.6 is 0 Å². The van der Waals surface area contributed by atoms with Crippen LogP contribution in [0.4, 0.5) is 5.82 Å². The second kappa shape index (κ2) is 6.22. The van der Waals surface area contributed by atoms with Crippen molar-refractivity contribution in [3.63, 3.8) is 0 Å². The van der Waals surface area contributed by atoms with E-state index in [-0.39, 0.29) is 11.5 Å². The molecule has 1 unspecified atom stereocenters. The fourth-order valence-corrected chi connectivity index (χ4v) is 4.87. The van der Waals surface area contributed by atoms with Gasteiger partial charge in [-0.25, -0.2) is 14.8 Å². The number of carboxylic acids is 1. The lowest BCUT2D eigenvalue weighted by Crippen LogP contribution is -2.35. The number of fused-ring (bicyclic) bond motifs is 4. The summed E-state index contributed by atoms with van der Waals surface area (Å²) in [6.45, 7) is 0. The van der Waals surface area contributed by atoms with Gasteiger partial charge < -0.3 is 10.4 Å². The van der Waals surface area contributed by atoms with Crippen molar-refractivity contribution in [2.24, 2.45) is 0 Å². The third-order valence-corrected chi connectivity index (χ3v) is 6.39. The van der Waals surface area contributed by atoms with Crippen LogP contribution < -0.4 is 5.32 Å². The summed E-state index contributed by atoms with van der Waals surface area (Å²) in [7, 11) is 0. The molecule has 0 saturated carbocycles. The summed E-state index contributed by atoms with van der Waals surface area (Å²) in [5, 5.41) is 13.2. The van der Waals surface area contributed by atoms with Crippen LogP contribution in [0.2, 0.25) is 0 Å². The summed E-state index contributed by atoms with van der Waals surface area (Å²) in [6.07, 6.45) is 2.95. The van der Waals surface area contributed by atoms with E-state index in [1.54, 1.807) is 24.4 Å². The number of hydrogen-bond acceptors (Lipinski definition) is 4. The predicted octanol–water partition coefficient (Wildman–Crippen LogP) is 3.98. The lowest BCUT2D eigenvalue weighted by Gasteiger charge is -2.20. The molecule has 2 N–H and O–H groups in total. The fourth-order valence-electron chi connectivity index (χ4n) is 4.87. The third-order valence-electron chi connectivity index (χ3n) is 6.39. The second-order valence-corrected chi connectivity index (χ2v) is 8.19. The van der Waals surface area contributed by atoms with Crippen LogP contribution in [0.15, 0.2) is 66.9 Å². The number of nitrogens with one attached hydrogen (secondary N) is 1. The fraction of sp³-hybridized carbons (Fsp3) is 0.120. The van der Waals surface area contributed by atoms with Crippen LogP contribution in [0, 0.1) is 0 Å². The molecule has 0 fully saturated rings. The molecule has 0 saturated heterocycles. The minimum Gasteiger partial charge on any atom is -0.478 e. The monoisotopic (exact) mass is 407 g/mol. The minimum atomic E-state index is -0.963. The van der Waals surface area contributed by atoms with Crippen molar-refractivity contribution in [2.45, 2.75) is 18.3 Å². The van der Waals surface area contributed by atoms with Gasteiger partial charge in [0, 0.05) is 22.7 Å². The zero-order valence-corrected chi connectivity index (χ0v) is 16.4. The van der Waals surface area contributed by atoms with Gasteiger partial charge in [0.1, 0.15) is 5.82 Å². The number of carbonyl (C=O) groups excluding carboxylic acids is 1. The Kier molecular flexibility index (Phi) is 3.56. The van der Waals surface area contributed by atoms with Crippen molar-refractivity contribution >= 4 is 28.6 Å². The van der Waals surface area contributed by atoms with Crippen LogP contribution in [0.25, 0.3) is 22.2 Å². The first-order valence-electron chi connectivity index (χ1n) is 10.1. The molecule has 1 atom stereocenters. The number of rotatable bonds is 2. The summed E-state index contributed by atoms with van der Waals surface area (Å²) in [5.41, 5.74) is 5.16. The van der Waals surface area contributed by atoms with Gasteiger partial charge in [-0.2, -0.15) is 0 Å². The average Bonchev–Trinajstić information content (AvgIpc) is 3.29. The molecule has 1 aliphatic heterocycles. The maximum atomic E-state index is 12.9. The van der Waals surface area contributed by atoms with E-state index in [9.17, 15) is 14.7 Å². The van der Waals surface area contributed by atoms with Gasteiger partial charge in [0.15, 0.2) is 0 Å². The van der Waals surface area contributed by atoms with Crippen LogP contribution in [-0.2, 0) is 23.1 Å². The Hall–Kier alpha value is -4.06. The largest absolute Gasteiger partial charge is 0.478 e. The molecule has 2 aliphatic rings. The predicted molar refractivity (Wildman–Crippen MR) is 116 cm³/mol. The molecule has 0 bridgehead atoms. The summed E-state index contributed by atoms with van der Waals surface area (Å²) < 4.78 is 0. The molecular formula is C25H17N3O3. The Morgan fingerprint density at radius 3 is 2.68 bits per heavy atom. The Labute approximate surface area is 177 Å². The van der Waals surface area contributed by atoms with Crippen molar-refractivity contribution in [3.05, 3.63) is 89.1 Å². The standard InChI is InChI=1S/C25H17N3O3/c29-23(30)16-4-1-3-14(9-16)20-7-6-15-10-17-12-25(13-18(17)11-21(15)27-20)19-5-2-8-26-22(19)28-24(25)31/h1-11H,12-13H2,(H,29,30)(H,26,28,31). The molecule has 150 valence electrons. The van der Waals surface area contributed by atoms with E-state index < -0.39 is 11.4 Å². The molecule has 3 heterocycles. The maximum absolute atomic E-state index is 12.9. The molecule has 1 aliphatic carbocycles. The van der Waals surface area contributed by atoms with Crippen molar-refractivity contribution < 1.29 is 14.7 Å². The topological polar surface area (TPSA) is 92.2 Å². The highest BCUT2D eigenvalue weighted by atomic mass is 16.4. The number of amides is 1. The molecule has 31 heavy (non-hydrogen) atoms. The number of benzene rings is 2. The number of nitrogens with zero attached hydrogens (tertiary/aromatic N) is 2. The normalized spacial score (nSPS) is 18.8. The van der Waals surface area contributed by atoms with Crippen LogP contribution in [0.3, 0.4) is 0 Å². The van der Waals surface area contributed by atoms with Crippen LogP contribution in [-0.4, -0.2) is 27.0 Å². The van der Waals surface area contributed by atoms with Crippen LogP contribution in [0.1, 0.15) is 27.0 Å². The van der Waals surface area contributed by atoms with Gasteiger partial charge in [0.05, 0.1) is 22.2 Å². The highest BCUT2D eigenvalue weighted by Crippen LogP contribution is 2.47. The summed E-state index contributed by atoms with van der Waals surface area (Å²) in [6, 6.07) is 18.7. The molecule has 6 heteroatoms. The number of pyridine rings is 2.